The molecule has 7 heteroatoms. The largest absolute Gasteiger partial charge is 0.500 e. The van der Waals surface area contributed by atoms with Crippen LogP contribution in [0.3, 0.4) is 0 Å². The molecule has 0 aromatic heterocycles. The molecule has 4 unspecified atom stereocenters. The van der Waals surface area contributed by atoms with Gasteiger partial charge >= 0.3 is 14.8 Å². The van der Waals surface area contributed by atoms with Crippen LogP contribution in [-0.4, -0.2) is 54.9 Å². The lowest BCUT2D eigenvalue weighted by Gasteiger charge is -2.33. The van der Waals surface area contributed by atoms with Crippen molar-refractivity contribution in [3.63, 3.8) is 0 Å². The van der Waals surface area contributed by atoms with E-state index in [0.717, 1.165) is 19.3 Å². The first-order chi connectivity index (χ1) is 10.9. The lowest BCUT2D eigenvalue weighted by molar-refractivity contribution is -0.140. The molecule has 0 aromatic rings. The molecular formula is C16H28O6Si. The first-order valence-electron chi connectivity index (χ1n) is 8.08. The van der Waals surface area contributed by atoms with Crippen molar-refractivity contribution in [2.24, 2.45) is 11.8 Å². The number of hydrogen-bond acceptors (Lipinski definition) is 6. The number of rotatable bonds is 9. The van der Waals surface area contributed by atoms with E-state index in [1.54, 1.807) is 28.3 Å². The summed E-state index contributed by atoms with van der Waals surface area (Å²) in [6.07, 6.45) is 3.96. The molecule has 2 fully saturated rings. The van der Waals surface area contributed by atoms with Crippen LogP contribution in [0.4, 0.5) is 0 Å². The van der Waals surface area contributed by atoms with Gasteiger partial charge in [-0.3, -0.25) is 0 Å². The lowest BCUT2D eigenvalue weighted by Crippen LogP contribution is -2.46. The van der Waals surface area contributed by atoms with Gasteiger partial charge in [0, 0.05) is 38.9 Å². The molecule has 1 aliphatic heterocycles. The van der Waals surface area contributed by atoms with Gasteiger partial charge in [0.1, 0.15) is 0 Å². The quantitative estimate of drug-likeness (QED) is 0.276. The zero-order valence-corrected chi connectivity index (χ0v) is 15.5. The fourth-order valence-electron chi connectivity index (χ4n) is 3.35. The molecular weight excluding hydrogens is 316 g/mol. The molecule has 23 heavy (non-hydrogen) atoms. The van der Waals surface area contributed by atoms with E-state index in [9.17, 15) is 4.79 Å². The van der Waals surface area contributed by atoms with Gasteiger partial charge < -0.3 is 22.8 Å². The van der Waals surface area contributed by atoms with Gasteiger partial charge in [0.15, 0.2) is 0 Å². The van der Waals surface area contributed by atoms with Crippen molar-refractivity contribution >= 4 is 14.8 Å². The number of fused-ring (bicyclic) bond motifs is 1. The summed E-state index contributed by atoms with van der Waals surface area (Å²) in [5, 5.41) is 0. The fraction of sp³-hybridized carbons (Fsp3) is 0.812. The van der Waals surface area contributed by atoms with Gasteiger partial charge in [0.25, 0.3) is 0 Å². The van der Waals surface area contributed by atoms with E-state index in [1.807, 2.05) is 0 Å². The number of carbonyl (C=O) groups is 1. The summed E-state index contributed by atoms with van der Waals surface area (Å²) in [6.45, 7) is 5.61. The highest BCUT2D eigenvalue weighted by molar-refractivity contribution is 6.60. The summed E-state index contributed by atoms with van der Waals surface area (Å²) >= 11 is 0. The van der Waals surface area contributed by atoms with E-state index in [0.29, 0.717) is 36.3 Å². The van der Waals surface area contributed by atoms with Crippen LogP contribution >= 0.6 is 0 Å². The molecule has 0 aromatic carbocycles. The third kappa shape index (κ3) is 4.64. The molecule has 2 rings (SSSR count). The van der Waals surface area contributed by atoms with Crippen molar-refractivity contribution in [1.82, 2.24) is 0 Å². The molecule has 0 bridgehead atoms. The zero-order chi connectivity index (χ0) is 17.0. The van der Waals surface area contributed by atoms with Gasteiger partial charge in [-0.25, -0.2) is 4.79 Å². The normalized spacial score (nSPS) is 27.9. The van der Waals surface area contributed by atoms with Crippen molar-refractivity contribution in [1.29, 1.82) is 0 Å². The average Bonchev–Trinajstić information content (AvgIpc) is 3.34. The monoisotopic (exact) mass is 344 g/mol. The Bertz CT molecular complexity index is 428. The van der Waals surface area contributed by atoms with Crippen molar-refractivity contribution in [3.8, 4) is 0 Å². The minimum atomic E-state index is -2.73. The van der Waals surface area contributed by atoms with Crippen LogP contribution < -0.4 is 0 Å². The molecule has 132 valence electrons. The molecule has 1 saturated carbocycles. The lowest BCUT2D eigenvalue weighted by atomic mass is 9.81. The van der Waals surface area contributed by atoms with Gasteiger partial charge in [-0.1, -0.05) is 6.58 Å². The molecule has 0 amide bonds. The number of carbonyl (C=O) groups excluding carboxylic acids is 1. The Morgan fingerprint density at radius 3 is 2.39 bits per heavy atom. The molecule has 1 saturated heterocycles. The van der Waals surface area contributed by atoms with Crippen LogP contribution in [0.5, 0.6) is 0 Å². The Hall–Kier alpha value is -0.733. The summed E-state index contributed by atoms with van der Waals surface area (Å²) in [6, 6.07) is 0.627. The van der Waals surface area contributed by atoms with Crippen LogP contribution in [0.1, 0.15) is 26.2 Å². The van der Waals surface area contributed by atoms with E-state index in [4.69, 9.17) is 22.8 Å². The maximum absolute atomic E-state index is 11.7. The maximum Gasteiger partial charge on any atom is 0.500 e. The van der Waals surface area contributed by atoms with Crippen LogP contribution in [0.25, 0.3) is 0 Å². The summed E-state index contributed by atoms with van der Waals surface area (Å²) in [7, 11) is 2.10. The first-order valence-corrected chi connectivity index (χ1v) is 10.0. The number of ether oxygens (including phenoxy) is 2. The topological polar surface area (TPSA) is 66.5 Å². The van der Waals surface area contributed by atoms with Gasteiger partial charge in [-0.2, -0.15) is 0 Å². The molecule has 0 radical (unpaired) electrons. The minimum Gasteiger partial charge on any atom is -0.462 e. The van der Waals surface area contributed by atoms with E-state index < -0.39 is 8.80 Å². The highest BCUT2D eigenvalue weighted by Gasteiger charge is 2.49. The summed E-state index contributed by atoms with van der Waals surface area (Å²) < 4.78 is 27.7. The van der Waals surface area contributed by atoms with Gasteiger partial charge in [-0.15, -0.1) is 0 Å². The number of epoxide rings is 1. The highest BCUT2D eigenvalue weighted by Crippen LogP contribution is 2.44. The fourth-order valence-corrected chi connectivity index (χ4v) is 5.45. The van der Waals surface area contributed by atoms with E-state index in [1.165, 1.54) is 0 Å². The number of hydrogen-bond donors (Lipinski definition) is 0. The van der Waals surface area contributed by atoms with E-state index in [-0.39, 0.29) is 11.9 Å². The van der Waals surface area contributed by atoms with E-state index >= 15 is 0 Å². The molecule has 6 nitrogen and oxygen atoms in total. The molecule has 4 atom stereocenters. The Kier molecular flexibility index (Phi) is 6.38. The second-order valence-electron chi connectivity index (χ2n) is 6.42. The van der Waals surface area contributed by atoms with Crippen LogP contribution in [0, 0.1) is 11.8 Å². The van der Waals surface area contributed by atoms with Crippen LogP contribution in [-0.2, 0) is 27.5 Å². The van der Waals surface area contributed by atoms with Crippen molar-refractivity contribution in [2.45, 2.75) is 44.4 Å². The Labute approximate surface area is 139 Å². The van der Waals surface area contributed by atoms with Gasteiger partial charge in [-0.05, 0) is 32.1 Å². The Morgan fingerprint density at radius 2 is 1.87 bits per heavy atom. The molecule has 1 heterocycles. The van der Waals surface area contributed by atoms with Crippen LogP contribution in [0.2, 0.25) is 6.04 Å². The third-order valence-electron chi connectivity index (χ3n) is 4.93. The molecule has 0 N–H and O–H groups in total. The van der Waals surface area contributed by atoms with Crippen molar-refractivity contribution in [3.05, 3.63) is 12.2 Å². The second-order valence-corrected chi connectivity index (χ2v) is 9.42. The average molecular weight is 344 g/mol. The first kappa shape index (κ1) is 18.6. The number of esters is 1. The Morgan fingerprint density at radius 1 is 1.22 bits per heavy atom. The van der Waals surface area contributed by atoms with Crippen molar-refractivity contribution < 1.29 is 27.5 Å². The third-order valence-corrected chi connectivity index (χ3v) is 7.82. The van der Waals surface area contributed by atoms with Gasteiger partial charge in [0.05, 0.1) is 18.8 Å². The molecule has 2 aliphatic rings. The van der Waals surface area contributed by atoms with E-state index in [2.05, 4.69) is 6.58 Å². The minimum absolute atomic E-state index is 0.134. The van der Waals surface area contributed by atoms with Gasteiger partial charge in [0.2, 0.25) is 0 Å². The SMILES string of the molecule is C=C(C)C(=O)OCC(C[Si](OC)(OC)OC)C1CCC2OC2C1. The summed E-state index contributed by atoms with van der Waals surface area (Å²) in [4.78, 5) is 11.7. The second kappa shape index (κ2) is 7.89. The Balaban J connectivity index is 2.03. The summed E-state index contributed by atoms with van der Waals surface area (Å²) in [5.74, 6) is 0.199. The standard InChI is InChI=1S/C16H28O6Si/c1-11(2)16(17)21-9-13(10-23(18-3,19-4)20-5)12-6-7-14-15(8-12)22-14/h12-15H,1,6-10H2,2-5H3. The molecule has 0 spiro atoms. The highest BCUT2D eigenvalue weighted by atomic mass is 28.4. The zero-order valence-electron chi connectivity index (χ0n) is 14.5. The molecule has 1 aliphatic carbocycles. The predicted molar refractivity (Wildman–Crippen MR) is 86.9 cm³/mol. The summed E-state index contributed by atoms with van der Waals surface area (Å²) in [5.41, 5.74) is 0.409. The predicted octanol–water partition coefficient (Wildman–Crippen LogP) is 2.17. The van der Waals surface area contributed by atoms with Crippen LogP contribution in [0.15, 0.2) is 12.2 Å². The van der Waals surface area contributed by atoms with Crippen molar-refractivity contribution in [2.75, 3.05) is 27.9 Å². The smallest absolute Gasteiger partial charge is 0.462 e. The maximum atomic E-state index is 11.7.